The molecule has 1 aromatic heterocycles. The molecular formula is C20H18ClN3O2. The molecule has 26 heavy (non-hydrogen) atoms. The van der Waals surface area contributed by atoms with Gasteiger partial charge >= 0.3 is 0 Å². The van der Waals surface area contributed by atoms with Crippen molar-refractivity contribution in [3.63, 3.8) is 0 Å². The Morgan fingerprint density at radius 2 is 1.96 bits per heavy atom. The fraction of sp³-hybridized carbons (Fsp3) is 0.200. The monoisotopic (exact) mass is 367 g/mol. The fourth-order valence-corrected chi connectivity index (χ4v) is 3.46. The lowest BCUT2D eigenvalue weighted by atomic mass is 9.85. The van der Waals surface area contributed by atoms with Gasteiger partial charge in [-0.3, -0.25) is 9.89 Å². The smallest absolute Gasteiger partial charge is 0.226 e. The van der Waals surface area contributed by atoms with Gasteiger partial charge in [0.2, 0.25) is 5.91 Å². The first kappa shape index (κ1) is 16.7. The minimum absolute atomic E-state index is 0.0403. The molecule has 0 saturated heterocycles. The molecule has 1 aliphatic rings. The van der Waals surface area contributed by atoms with Crippen molar-refractivity contribution in [2.24, 2.45) is 0 Å². The average Bonchev–Trinajstić information content (AvgIpc) is 3.01. The van der Waals surface area contributed by atoms with Crippen LogP contribution in [0.4, 0.5) is 5.82 Å². The van der Waals surface area contributed by atoms with Gasteiger partial charge in [-0.15, -0.1) is 0 Å². The molecule has 2 heterocycles. The summed E-state index contributed by atoms with van der Waals surface area (Å²) in [4.78, 5) is 12.1. The Balaban J connectivity index is 1.65. The molecule has 5 nitrogen and oxygen atoms in total. The number of hydrogen-bond acceptors (Lipinski definition) is 3. The molecule has 0 fully saturated rings. The Kier molecular flexibility index (Phi) is 4.39. The number of rotatable bonds is 4. The normalized spacial score (nSPS) is 16.1. The summed E-state index contributed by atoms with van der Waals surface area (Å²) >= 11 is 5.93. The van der Waals surface area contributed by atoms with E-state index in [0.29, 0.717) is 23.9 Å². The molecule has 2 aromatic carbocycles. The maximum absolute atomic E-state index is 12.1. The highest BCUT2D eigenvalue weighted by Crippen LogP contribution is 2.41. The molecule has 1 unspecified atom stereocenters. The number of benzene rings is 2. The Labute approximate surface area is 156 Å². The number of hydrogen-bond donors (Lipinski definition) is 2. The summed E-state index contributed by atoms with van der Waals surface area (Å²) in [6, 6.07) is 15.4. The molecule has 0 radical (unpaired) electrons. The van der Waals surface area contributed by atoms with Crippen LogP contribution in [-0.2, 0) is 11.4 Å². The van der Waals surface area contributed by atoms with Gasteiger partial charge in [0.05, 0.1) is 0 Å². The van der Waals surface area contributed by atoms with E-state index in [-0.39, 0.29) is 11.8 Å². The van der Waals surface area contributed by atoms with Crippen LogP contribution in [0.3, 0.4) is 0 Å². The molecule has 1 atom stereocenters. The van der Waals surface area contributed by atoms with Gasteiger partial charge in [0.15, 0.2) is 5.82 Å². The Morgan fingerprint density at radius 1 is 1.19 bits per heavy atom. The van der Waals surface area contributed by atoms with Gasteiger partial charge < -0.3 is 10.1 Å². The van der Waals surface area contributed by atoms with Crippen LogP contribution in [-0.4, -0.2) is 16.1 Å². The summed E-state index contributed by atoms with van der Waals surface area (Å²) in [5, 5.41) is 10.7. The van der Waals surface area contributed by atoms with Gasteiger partial charge in [0, 0.05) is 34.2 Å². The topological polar surface area (TPSA) is 67.0 Å². The van der Waals surface area contributed by atoms with Crippen LogP contribution in [0.15, 0.2) is 48.5 Å². The van der Waals surface area contributed by atoms with E-state index in [1.54, 1.807) is 0 Å². The number of aryl methyl sites for hydroxylation is 1. The molecule has 1 amide bonds. The second-order valence-electron chi connectivity index (χ2n) is 6.37. The number of ether oxygens (including phenoxy) is 1. The number of H-pyrrole nitrogens is 1. The molecule has 0 aliphatic carbocycles. The lowest BCUT2D eigenvalue weighted by Crippen LogP contribution is -2.23. The Hall–Kier alpha value is -2.79. The van der Waals surface area contributed by atoms with Crippen LogP contribution >= 0.6 is 11.6 Å². The SMILES string of the molecule is Cc1[nH]nc2c1C(c1ccccc1OCc1ccc(Cl)cc1)CC(=O)N2. The van der Waals surface area contributed by atoms with E-state index in [2.05, 4.69) is 15.5 Å². The number of amides is 1. The number of nitrogens with one attached hydrogen (secondary N) is 2. The number of anilines is 1. The first-order valence-corrected chi connectivity index (χ1v) is 8.80. The van der Waals surface area contributed by atoms with Crippen molar-refractivity contribution in [3.8, 4) is 5.75 Å². The molecule has 1 aliphatic heterocycles. The predicted molar refractivity (Wildman–Crippen MR) is 101 cm³/mol. The largest absolute Gasteiger partial charge is 0.489 e. The Bertz CT molecular complexity index is 950. The molecular weight excluding hydrogens is 350 g/mol. The zero-order valence-corrected chi connectivity index (χ0v) is 15.0. The second-order valence-corrected chi connectivity index (χ2v) is 6.81. The number of fused-ring (bicyclic) bond motifs is 1. The minimum Gasteiger partial charge on any atom is -0.489 e. The molecule has 6 heteroatoms. The summed E-state index contributed by atoms with van der Waals surface area (Å²) in [5.74, 6) is 1.25. The third-order valence-corrected chi connectivity index (χ3v) is 4.84. The van der Waals surface area contributed by atoms with Gasteiger partial charge in [-0.2, -0.15) is 5.10 Å². The van der Waals surface area contributed by atoms with Crippen molar-refractivity contribution < 1.29 is 9.53 Å². The van der Waals surface area contributed by atoms with Gasteiger partial charge in [-0.1, -0.05) is 41.9 Å². The summed E-state index contributed by atoms with van der Waals surface area (Å²) in [6.45, 7) is 2.40. The summed E-state index contributed by atoms with van der Waals surface area (Å²) in [5.41, 5.74) is 4.00. The van der Waals surface area contributed by atoms with E-state index in [0.717, 1.165) is 28.1 Å². The highest BCUT2D eigenvalue weighted by Gasteiger charge is 2.32. The lowest BCUT2D eigenvalue weighted by molar-refractivity contribution is -0.116. The number of carbonyl (C=O) groups excluding carboxylic acids is 1. The molecule has 0 bridgehead atoms. The molecule has 0 saturated carbocycles. The van der Waals surface area contributed by atoms with Crippen molar-refractivity contribution in [3.05, 3.63) is 75.9 Å². The van der Waals surface area contributed by atoms with E-state index >= 15 is 0 Å². The van der Waals surface area contributed by atoms with Crippen molar-refractivity contribution >= 4 is 23.3 Å². The van der Waals surface area contributed by atoms with E-state index in [1.165, 1.54) is 0 Å². The standard InChI is InChI=1S/C20H18ClN3O2/c1-12-19-16(10-18(25)22-20(19)24-23-12)15-4-2-3-5-17(15)26-11-13-6-8-14(21)9-7-13/h2-9,16H,10-11H2,1H3,(H2,22,23,24,25). The highest BCUT2D eigenvalue weighted by molar-refractivity contribution is 6.30. The molecule has 4 rings (SSSR count). The van der Waals surface area contributed by atoms with E-state index in [9.17, 15) is 4.79 Å². The average molecular weight is 368 g/mol. The van der Waals surface area contributed by atoms with Crippen LogP contribution in [0.2, 0.25) is 5.02 Å². The van der Waals surface area contributed by atoms with Crippen molar-refractivity contribution in [2.45, 2.75) is 25.9 Å². The van der Waals surface area contributed by atoms with E-state index in [4.69, 9.17) is 16.3 Å². The first-order valence-electron chi connectivity index (χ1n) is 8.42. The van der Waals surface area contributed by atoms with Crippen molar-refractivity contribution in [2.75, 3.05) is 5.32 Å². The Morgan fingerprint density at radius 3 is 2.77 bits per heavy atom. The number of nitrogens with zero attached hydrogens (tertiary/aromatic N) is 1. The van der Waals surface area contributed by atoms with Gasteiger partial charge in [0.25, 0.3) is 0 Å². The predicted octanol–water partition coefficient (Wildman–Crippen LogP) is 4.42. The molecule has 2 N–H and O–H groups in total. The van der Waals surface area contributed by atoms with E-state index < -0.39 is 0 Å². The van der Waals surface area contributed by atoms with Crippen LogP contribution in [0.5, 0.6) is 5.75 Å². The fourth-order valence-electron chi connectivity index (χ4n) is 3.34. The van der Waals surface area contributed by atoms with E-state index in [1.807, 2.05) is 55.5 Å². The summed E-state index contributed by atoms with van der Waals surface area (Å²) in [6.07, 6.45) is 0.370. The molecule has 3 aromatic rings. The van der Waals surface area contributed by atoms with Gasteiger partial charge in [0.1, 0.15) is 12.4 Å². The summed E-state index contributed by atoms with van der Waals surface area (Å²) in [7, 11) is 0. The number of halogens is 1. The van der Waals surface area contributed by atoms with Crippen LogP contribution in [0.1, 0.15) is 34.7 Å². The van der Waals surface area contributed by atoms with Gasteiger partial charge in [-0.25, -0.2) is 0 Å². The maximum atomic E-state index is 12.1. The zero-order chi connectivity index (χ0) is 18.1. The van der Waals surface area contributed by atoms with Gasteiger partial charge in [-0.05, 0) is 30.7 Å². The minimum atomic E-state index is -0.0843. The number of aromatic amines is 1. The number of para-hydroxylation sites is 1. The first-order chi connectivity index (χ1) is 12.6. The molecule has 132 valence electrons. The number of carbonyl (C=O) groups is 1. The maximum Gasteiger partial charge on any atom is 0.226 e. The number of aromatic nitrogens is 2. The third-order valence-electron chi connectivity index (χ3n) is 4.59. The van der Waals surface area contributed by atoms with Crippen LogP contribution in [0.25, 0.3) is 0 Å². The highest BCUT2D eigenvalue weighted by atomic mass is 35.5. The summed E-state index contributed by atoms with van der Waals surface area (Å²) < 4.78 is 6.08. The van der Waals surface area contributed by atoms with Crippen LogP contribution in [0, 0.1) is 6.92 Å². The second kappa shape index (κ2) is 6.84. The zero-order valence-electron chi connectivity index (χ0n) is 14.3. The van der Waals surface area contributed by atoms with Crippen LogP contribution < -0.4 is 10.1 Å². The van der Waals surface area contributed by atoms with Crippen molar-refractivity contribution in [1.29, 1.82) is 0 Å². The van der Waals surface area contributed by atoms with Crippen molar-refractivity contribution in [1.82, 2.24) is 10.2 Å². The molecule has 0 spiro atoms. The third kappa shape index (κ3) is 3.18. The lowest BCUT2D eigenvalue weighted by Gasteiger charge is -2.24. The quantitative estimate of drug-likeness (QED) is 0.717.